The van der Waals surface area contributed by atoms with Crippen molar-refractivity contribution < 1.29 is 14.5 Å². The molecule has 0 bridgehead atoms. The topological polar surface area (TPSA) is 92.6 Å². The summed E-state index contributed by atoms with van der Waals surface area (Å²) in [6.45, 7) is 1.86. The third kappa shape index (κ3) is 4.29. The largest absolute Gasteiger partial charge is 0.332 e. The van der Waals surface area contributed by atoms with Crippen LogP contribution in [0.2, 0.25) is 0 Å². The van der Waals surface area contributed by atoms with Crippen LogP contribution in [-0.4, -0.2) is 35.2 Å². The molecule has 0 atom stereocenters. The second kappa shape index (κ2) is 7.55. The Kier molecular flexibility index (Phi) is 5.18. The lowest BCUT2D eigenvalue weighted by Crippen LogP contribution is -2.34. The van der Waals surface area contributed by atoms with Crippen LogP contribution in [0.3, 0.4) is 0 Å². The standard InChI is InChI=1S/C19H17N3O4S/c1-12-3-5-14(6-4-12)20-18(23)11-21(2)19(24)17-10-13-9-15(22(25)26)7-8-16(13)27-17/h3-10H,11H2,1-2H3,(H,20,23). The van der Waals surface area contributed by atoms with Crippen LogP contribution in [0.25, 0.3) is 10.1 Å². The number of nitrogens with one attached hydrogen (secondary N) is 1. The second-order valence-corrected chi connectivity index (χ2v) is 7.25. The lowest BCUT2D eigenvalue weighted by Gasteiger charge is -2.16. The SMILES string of the molecule is Cc1ccc(NC(=O)CN(C)C(=O)c2cc3cc([N+](=O)[O-])ccc3s2)cc1. The number of likely N-dealkylation sites (N-methyl/N-ethyl adjacent to an activating group) is 1. The van der Waals surface area contributed by atoms with Gasteiger partial charge in [-0.1, -0.05) is 17.7 Å². The molecule has 3 aromatic rings. The Morgan fingerprint density at radius 3 is 2.52 bits per heavy atom. The highest BCUT2D eigenvalue weighted by Gasteiger charge is 2.18. The zero-order valence-corrected chi connectivity index (χ0v) is 15.6. The molecule has 1 N–H and O–H groups in total. The first-order valence-corrected chi connectivity index (χ1v) is 8.95. The number of rotatable bonds is 5. The maximum atomic E-state index is 12.6. The molecule has 0 aliphatic rings. The summed E-state index contributed by atoms with van der Waals surface area (Å²) in [6, 6.07) is 13.5. The average molecular weight is 383 g/mol. The molecule has 0 aliphatic carbocycles. The molecule has 1 heterocycles. The fraction of sp³-hybridized carbons (Fsp3) is 0.158. The maximum Gasteiger partial charge on any atom is 0.270 e. The summed E-state index contributed by atoms with van der Waals surface area (Å²) in [6.07, 6.45) is 0. The normalized spacial score (nSPS) is 10.6. The molecule has 1 aromatic heterocycles. The molecular formula is C19H17N3O4S. The number of carbonyl (C=O) groups excluding carboxylic acids is 2. The molecule has 138 valence electrons. The smallest absolute Gasteiger partial charge is 0.270 e. The first-order chi connectivity index (χ1) is 12.8. The van der Waals surface area contributed by atoms with E-state index in [2.05, 4.69) is 5.32 Å². The van der Waals surface area contributed by atoms with Crippen molar-refractivity contribution >= 4 is 44.6 Å². The van der Waals surface area contributed by atoms with Crippen molar-refractivity contribution in [1.82, 2.24) is 4.90 Å². The summed E-state index contributed by atoms with van der Waals surface area (Å²) in [7, 11) is 1.55. The second-order valence-electron chi connectivity index (χ2n) is 6.17. The van der Waals surface area contributed by atoms with E-state index in [1.807, 2.05) is 19.1 Å². The number of non-ortho nitro benzene ring substituents is 1. The van der Waals surface area contributed by atoms with Crippen molar-refractivity contribution in [3.8, 4) is 0 Å². The van der Waals surface area contributed by atoms with Gasteiger partial charge in [0.15, 0.2) is 0 Å². The molecule has 7 nitrogen and oxygen atoms in total. The molecule has 3 rings (SSSR count). The van der Waals surface area contributed by atoms with Crippen molar-refractivity contribution in [1.29, 1.82) is 0 Å². The Balaban J connectivity index is 1.69. The van der Waals surface area contributed by atoms with Crippen LogP contribution in [0, 0.1) is 17.0 Å². The molecule has 0 aliphatic heterocycles. The van der Waals surface area contributed by atoms with Gasteiger partial charge in [-0.2, -0.15) is 0 Å². The number of thiophene rings is 1. The molecule has 0 saturated carbocycles. The first kappa shape index (κ1) is 18.5. The monoisotopic (exact) mass is 383 g/mol. The number of benzene rings is 2. The fourth-order valence-corrected chi connectivity index (χ4v) is 3.60. The highest BCUT2D eigenvalue weighted by Crippen LogP contribution is 2.29. The summed E-state index contributed by atoms with van der Waals surface area (Å²) >= 11 is 1.24. The fourth-order valence-electron chi connectivity index (χ4n) is 2.56. The Bertz CT molecular complexity index is 1030. The van der Waals surface area contributed by atoms with Gasteiger partial charge in [0.25, 0.3) is 11.6 Å². The molecule has 2 amide bonds. The van der Waals surface area contributed by atoms with E-state index in [4.69, 9.17) is 0 Å². The minimum Gasteiger partial charge on any atom is -0.332 e. The number of nitro groups is 1. The highest BCUT2D eigenvalue weighted by atomic mass is 32.1. The Morgan fingerprint density at radius 2 is 1.85 bits per heavy atom. The summed E-state index contributed by atoms with van der Waals surface area (Å²) in [4.78, 5) is 36.9. The molecule has 8 heteroatoms. The Hall–Kier alpha value is -3.26. The van der Waals surface area contributed by atoms with Crippen LogP contribution < -0.4 is 5.32 Å². The summed E-state index contributed by atoms with van der Waals surface area (Å²) in [5.74, 6) is -0.607. The van der Waals surface area contributed by atoms with Gasteiger partial charge in [-0.05, 0) is 31.2 Å². The first-order valence-electron chi connectivity index (χ1n) is 8.13. The van der Waals surface area contributed by atoms with E-state index >= 15 is 0 Å². The number of nitrogens with zero attached hydrogens (tertiary/aromatic N) is 2. The van der Waals surface area contributed by atoms with Gasteiger partial charge in [0.1, 0.15) is 0 Å². The third-order valence-electron chi connectivity index (χ3n) is 3.98. The van der Waals surface area contributed by atoms with E-state index < -0.39 is 4.92 Å². The number of anilines is 1. The molecule has 27 heavy (non-hydrogen) atoms. The molecule has 0 fully saturated rings. The number of hydrogen-bond acceptors (Lipinski definition) is 5. The average Bonchev–Trinajstić information content (AvgIpc) is 3.06. The molecule has 0 unspecified atom stereocenters. The van der Waals surface area contributed by atoms with E-state index in [1.165, 1.54) is 28.4 Å². The van der Waals surface area contributed by atoms with Crippen molar-refractivity contribution in [2.45, 2.75) is 6.92 Å². The van der Waals surface area contributed by atoms with E-state index in [0.717, 1.165) is 10.3 Å². The van der Waals surface area contributed by atoms with Gasteiger partial charge in [-0.3, -0.25) is 19.7 Å². The number of carbonyl (C=O) groups is 2. The number of fused-ring (bicyclic) bond motifs is 1. The zero-order valence-electron chi connectivity index (χ0n) is 14.8. The van der Waals surface area contributed by atoms with Crippen LogP contribution in [0.5, 0.6) is 0 Å². The van der Waals surface area contributed by atoms with Crippen LogP contribution >= 0.6 is 11.3 Å². The van der Waals surface area contributed by atoms with Gasteiger partial charge in [-0.25, -0.2) is 0 Å². The zero-order chi connectivity index (χ0) is 19.6. The quantitative estimate of drug-likeness (QED) is 0.535. The van der Waals surface area contributed by atoms with E-state index in [-0.39, 0.29) is 24.0 Å². The van der Waals surface area contributed by atoms with Gasteiger partial charge in [0.2, 0.25) is 5.91 Å². The lowest BCUT2D eigenvalue weighted by atomic mass is 10.2. The van der Waals surface area contributed by atoms with Crippen molar-refractivity contribution in [2.75, 3.05) is 18.9 Å². The highest BCUT2D eigenvalue weighted by molar-refractivity contribution is 7.20. The molecule has 0 radical (unpaired) electrons. The van der Waals surface area contributed by atoms with Gasteiger partial charge in [0.05, 0.1) is 16.3 Å². The van der Waals surface area contributed by atoms with Gasteiger partial charge in [-0.15, -0.1) is 11.3 Å². The van der Waals surface area contributed by atoms with Gasteiger partial charge in [0, 0.05) is 35.0 Å². The molecule has 2 aromatic carbocycles. The third-order valence-corrected chi connectivity index (χ3v) is 5.09. The number of hydrogen-bond donors (Lipinski definition) is 1. The predicted molar refractivity (Wildman–Crippen MR) is 105 cm³/mol. The van der Waals surface area contributed by atoms with Crippen LogP contribution in [0.4, 0.5) is 11.4 Å². The Labute approximate surface area is 159 Å². The minimum absolute atomic E-state index is 0.0230. The van der Waals surface area contributed by atoms with Crippen LogP contribution in [-0.2, 0) is 4.79 Å². The van der Waals surface area contributed by atoms with Crippen molar-refractivity contribution in [3.05, 3.63) is 69.1 Å². The Morgan fingerprint density at radius 1 is 1.15 bits per heavy atom. The molecule has 0 saturated heterocycles. The summed E-state index contributed by atoms with van der Waals surface area (Å²) < 4.78 is 0.779. The predicted octanol–water partition coefficient (Wildman–Crippen LogP) is 3.83. The molecular weight excluding hydrogens is 366 g/mol. The van der Waals surface area contributed by atoms with Crippen molar-refractivity contribution in [3.63, 3.8) is 0 Å². The maximum absolute atomic E-state index is 12.6. The minimum atomic E-state index is -0.472. The molecule has 0 spiro atoms. The van der Waals surface area contributed by atoms with Crippen LogP contribution in [0.1, 0.15) is 15.2 Å². The van der Waals surface area contributed by atoms with Crippen LogP contribution in [0.15, 0.2) is 48.5 Å². The summed E-state index contributed by atoms with van der Waals surface area (Å²) in [5.41, 5.74) is 1.73. The van der Waals surface area contributed by atoms with Gasteiger partial charge >= 0.3 is 0 Å². The lowest BCUT2D eigenvalue weighted by molar-refractivity contribution is -0.384. The number of amides is 2. The number of aryl methyl sites for hydroxylation is 1. The van der Waals surface area contributed by atoms with E-state index in [1.54, 1.807) is 31.3 Å². The number of nitro benzene ring substituents is 1. The summed E-state index contributed by atoms with van der Waals surface area (Å²) in [5, 5.41) is 14.3. The van der Waals surface area contributed by atoms with E-state index in [9.17, 15) is 19.7 Å². The van der Waals surface area contributed by atoms with Gasteiger partial charge < -0.3 is 10.2 Å². The van der Waals surface area contributed by atoms with Crippen molar-refractivity contribution in [2.24, 2.45) is 0 Å². The van der Waals surface area contributed by atoms with E-state index in [0.29, 0.717) is 16.0 Å².